The number of fused-ring (bicyclic) bond motifs is 1. The summed E-state index contributed by atoms with van der Waals surface area (Å²) in [5.41, 5.74) is 1.16. The highest BCUT2D eigenvalue weighted by atomic mass is 32.2. The zero-order chi connectivity index (χ0) is 18.1. The second-order valence-electron chi connectivity index (χ2n) is 6.84. The van der Waals surface area contributed by atoms with Gasteiger partial charge in [0.2, 0.25) is 16.0 Å². The van der Waals surface area contributed by atoms with Crippen LogP contribution < -0.4 is 4.90 Å². The second kappa shape index (κ2) is 6.67. The van der Waals surface area contributed by atoms with E-state index in [2.05, 4.69) is 14.9 Å². The third-order valence-electron chi connectivity index (χ3n) is 5.08. The van der Waals surface area contributed by atoms with E-state index in [-0.39, 0.29) is 17.6 Å². The lowest BCUT2D eigenvalue weighted by Gasteiger charge is -2.21. The summed E-state index contributed by atoms with van der Waals surface area (Å²) in [4.78, 5) is 10.6. The molecule has 0 N–H and O–H groups in total. The molecule has 0 radical (unpaired) electrons. The second-order valence-corrected chi connectivity index (χ2v) is 8.81. The molecule has 4 rings (SSSR count). The fraction of sp³-hybridized carbons (Fsp3) is 0.389. The topological polar surface area (TPSA) is 90.2 Å². The van der Waals surface area contributed by atoms with Crippen molar-refractivity contribution < 1.29 is 8.42 Å². The summed E-state index contributed by atoms with van der Waals surface area (Å²) >= 11 is 0. The van der Waals surface area contributed by atoms with Crippen molar-refractivity contribution in [2.45, 2.75) is 5.75 Å². The Morgan fingerprint density at radius 3 is 2.42 bits per heavy atom. The molecule has 7 nitrogen and oxygen atoms in total. The molecule has 1 aromatic carbocycles. The molecule has 2 fully saturated rings. The Morgan fingerprint density at radius 2 is 1.77 bits per heavy atom. The molecule has 2 atom stereocenters. The van der Waals surface area contributed by atoms with Gasteiger partial charge in [-0.05, 0) is 23.5 Å². The lowest BCUT2D eigenvalue weighted by atomic mass is 10.0. The van der Waals surface area contributed by atoms with Crippen LogP contribution in [0.15, 0.2) is 42.6 Å². The first kappa shape index (κ1) is 16.9. The minimum atomic E-state index is -3.31. The highest BCUT2D eigenvalue weighted by Gasteiger charge is 2.44. The summed E-state index contributed by atoms with van der Waals surface area (Å²) in [6.45, 7) is 2.51. The van der Waals surface area contributed by atoms with Gasteiger partial charge in [0.15, 0.2) is 0 Å². The first-order valence-corrected chi connectivity index (χ1v) is 10.2. The van der Waals surface area contributed by atoms with E-state index in [1.807, 2.05) is 36.4 Å². The average molecular weight is 369 g/mol. The molecule has 3 heterocycles. The van der Waals surface area contributed by atoms with Gasteiger partial charge >= 0.3 is 0 Å². The number of hydrogen-bond acceptors (Lipinski definition) is 6. The van der Waals surface area contributed by atoms with E-state index < -0.39 is 10.0 Å². The lowest BCUT2D eigenvalue weighted by molar-refractivity contribution is 0.452. The third-order valence-corrected chi connectivity index (χ3v) is 6.86. The van der Waals surface area contributed by atoms with Crippen molar-refractivity contribution in [2.75, 3.05) is 31.1 Å². The van der Waals surface area contributed by atoms with Gasteiger partial charge in [-0.25, -0.2) is 22.7 Å². The summed E-state index contributed by atoms with van der Waals surface area (Å²) in [5, 5.41) is 8.98. The predicted molar refractivity (Wildman–Crippen MR) is 96.6 cm³/mol. The van der Waals surface area contributed by atoms with Crippen molar-refractivity contribution in [2.24, 2.45) is 11.8 Å². The first-order valence-electron chi connectivity index (χ1n) is 8.55. The van der Waals surface area contributed by atoms with E-state index in [0.29, 0.717) is 24.7 Å². The Hall–Kier alpha value is -2.50. The van der Waals surface area contributed by atoms with Crippen LogP contribution in [0.2, 0.25) is 0 Å². The fourth-order valence-electron chi connectivity index (χ4n) is 3.78. The number of aromatic nitrogens is 2. The van der Waals surface area contributed by atoms with Crippen LogP contribution in [0.4, 0.5) is 5.95 Å². The molecule has 0 amide bonds. The third kappa shape index (κ3) is 3.28. The molecular weight excluding hydrogens is 350 g/mol. The smallest absolute Gasteiger partial charge is 0.226 e. The summed E-state index contributed by atoms with van der Waals surface area (Å²) < 4.78 is 27.1. The molecule has 2 aromatic rings. The maximum absolute atomic E-state index is 12.7. The first-order chi connectivity index (χ1) is 12.5. The van der Waals surface area contributed by atoms with Crippen molar-refractivity contribution in [3.63, 3.8) is 0 Å². The Balaban J connectivity index is 1.42. The molecule has 1 aromatic heterocycles. The standard InChI is InChI=1S/C18H19N5O2S/c19-8-17-6-7-20-18(21-17)22-9-15-11-23(12-16(15)10-22)26(24,25)13-14-4-2-1-3-5-14/h1-7,15-16H,9-13H2. The SMILES string of the molecule is N#Cc1ccnc(N2CC3CN(S(=O)(=O)Cc4ccccc4)CC3C2)n1. The quantitative estimate of drug-likeness (QED) is 0.806. The predicted octanol–water partition coefficient (Wildman–Crippen LogP) is 1.25. The number of rotatable bonds is 4. The van der Waals surface area contributed by atoms with Gasteiger partial charge in [-0.2, -0.15) is 5.26 Å². The molecule has 134 valence electrons. The van der Waals surface area contributed by atoms with Crippen LogP contribution in [0.1, 0.15) is 11.3 Å². The molecule has 26 heavy (non-hydrogen) atoms. The van der Waals surface area contributed by atoms with Gasteiger partial charge < -0.3 is 4.90 Å². The summed E-state index contributed by atoms with van der Waals surface area (Å²) in [5.74, 6) is 1.14. The number of anilines is 1. The van der Waals surface area contributed by atoms with Crippen molar-refractivity contribution >= 4 is 16.0 Å². The molecule has 0 aliphatic carbocycles. The van der Waals surface area contributed by atoms with E-state index in [1.54, 1.807) is 16.6 Å². The Labute approximate surface area is 153 Å². The molecule has 2 aliphatic rings. The normalized spacial score (nSPS) is 23.0. The number of sulfonamides is 1. The minimum absolute atomic E-state index is 0.0460. The van der Waals surface area contributed by atoms with E-state index in [1.165, 1.54) is 0 Å². The maximum Gasteiger partial charge on any atom is 0.226 e. The summed E-state index contributed by atoms with van der Waals surface area (Å²) in [6, 6.07) is 12.9. The van der Waals surface area contributed by atoms with Crippen molar-refractivity contribution in [3.05, 3.63) is 53.9 Å². The van der Waals surface area contributed by atoms with E-state index in [0.717, 1.165) is 18.7 Å². The van der Waals surface area contributed by atoms with Gasteiger partial charge in [0.05, 0.1) is 5.75 Å². The zero-order valence-electron chi connectivity index (χ0n) is 14.2. The zero-order valence-corrected chi connectivity index (χ0v) is 15.0. The van der Waals surface area contributed by atoms with Gasteiger partial charge in [0.1, 0.15) is 11.8 Å². The summed E-state index contributed by atoms with van der Waals surface area (Å²) in [7, 11) is -3.31. The summed E-state index contributed by atoms with van der Waals surface area (Å²) in [6.07, 6.45) is 1.59. The van der Waals surface area contributed by atoms with Gasteiger partial charge in [-0.15, -0.1) is 0 Å². The van der Waals surface area contributed by atoms with E-state index >= 15 is 0 Å². The molecule has 0 bridgehead atoms. The van der Waals surface area contributed by atoms with Crippen LogP contribution in [0.25, 0.3) is 0 Å². The van der Waals surface area contributed by atoms with Crippen LogP contribution in [-0.2, 0) is 15.8 Å². The number of nitriles is 1. The highest BCUT2D eigenvalue weighted by Crippen LogP contribution is 2.34. The maximum atomic E-state index is 12.7. The van der Waals surface area contributed by atoms with Crippen molar-refractivity contribution in [1.29, 1.82) is 5.26 Å². The van der Waals surface area contributed by atoms with Gasteiger partial charge in [0.25, 0.3) is 0 Å². The number of benzene rings is 1. The van der Waals surface area contributed by atoms with Crippen LogP contribution in [0.5, 0.6) is 0 Å². The van der Waals surface area contributed by atoms with Crippen molar-refractivity contribution in [3.8, 4) is 6.07 Å². The molecule has 0 spiro atoms. The van der Waals surface area contributed by atoms with Gasteiger partial charge in [-0.3, -0.25) is 0 Å². The van der Waals surface area contributed by atoms with Crippen molar-refractivity contribution in [1.82, 2.24) is 14.3 Å². The molecule has 2 saturated heterocycles. The monoisotopic (exact) mass is 369 g/mol. The number of hydrogen-bond donors (Lipinski definition) is 0. The lowest BCUT2D eigenvalue weighted by Crippen LogP contribution is -2.34. The van der Waals surface area contributed by atoms with Gasteiger partial charge in [0, 0.05) is 32.4 Å². The highest BCUT2D eigenvalue weighted by molar-refractivity contribution is 7.88. The van der Waals surface area contributed by atoms with Crippen LogP contribution >= 0.6 is 0 Å². The van der Waals surface area contributed by atoms with E-state index in [4.69, 9.17) is 5.26 Å². The van der Waals surface area contributed by atoms with Crippen LogP contribution in [-0.4, -0.2) is 48.9 Å². The molecule has 2 unspecified atom stereocenters. The Bertz CT molecular complexity index is 928. The van der Waals surface area contributed by atoms with Gasteiger partial charge in [-0.1, -0.05) is 30.3 Å². The Morgan fingerprint density at radius 1 is 1.08 bits per heavy atom. The van der Waals surface area contributed by atoms with Crippen LogP contribution in [0.3, 0.4) is 0 Å². The molecule has 8 heteroatoms. The number of nitrogens with zero attached hydrogens (tertiary/aromatic N) is 5. The largest absolute Gasteiger partial charge is 0.340 e. The fourth-order valence-corrected chi connectivity index (χ4v) is 5.41. The average Bonchev–Trinajstić information content (AvgIpc) is 3.22. The van der Waals surface area contributed by atoms with E-state index in [9.17, 15) is 8.42 Å². The minimum Gasteiger partial charge on any atom is -0.340 e. The molecular formula is C18H19N5O2S. The Kier molecular flexibility index (Phi) is 4.34. The molecule has 0 saturated carbocycles. The molecule has 2 aliphatic heterocycles. The van der Waals surface area contributed by atoms with Crippen LogP contribution in [0, 0.1) is 23.2 Å².